The lowest BCUT2D eigenvalue weighted by Crippen LogP contribution is -2.31. The molecule has 1 aliphatic rings. The summed E-state index contributed by atoms with van der Waals surface area (Å²) >= 11 is 0. The van der Waals surface area contributed by atoms with Crippen molar-refractivity contribution in [3.05, 3.63) is 47.3 Å². The summed E-state index contributed by atoms with van der Waals surface area (Å²) in [6.45, 7) is 4.92. The first-order chi connectivity index (χ1) is 12.5. The first kappa shape index (κ1) is 18.2. The average Bonchev–Trinajstić information content (AvgIpc) is 3.09. The van der Waals surface area contributed by atoms with Crippen LogP contribution in [0.5, 0.6) is 5.75 Å². The van der Waals surface area contributed by atoms with E-state index in [-0.39, 0.29) is 17.9 Å². The number of carbonyl (C=O) groups excluding carboxylic acids is 1. The number of anilines is 1. The molecule has 0 bridgehead atoms. The Morgan fingerprint density at radius 1 is 1.35 bits per heavy atom. The van der Waals surface area contributed by atoms with Crippen LogP contribution < -0.4 is 10.5 Å². The summed E-state index contributed by atoms with van der Waals surface area (Å²) < 4.78 is 5.49. The summed E-state index contributed by atoms with van der Waals surface area (Å²) in [5.74, 6) is 1.29. The van der Waals surface area contributed by atoms with Crippen molar-refractivity contribution < 1.29 is 9.53 Å². The van der Waals surface area contributed by atoms with Crippen molar-refractivity contribution in [1.29, 1.82) is 0 Å². The van der Waals surface area contributed by atoms with Gasteiger partial charge in [0, 0.05) is 17.8 Å². The smallest absolute Gasteiger partial charge is 0.273 e. The number of nitrogens with two attached hydrogens (primary N) is 1. The van der Waals surface area contributed by atoms with Crippen LogP contribution >= 0.6 is 0 Å². The third-order valence-electron chi connectivity index (χ3n) is 4.64. The summed E-state index contributed by atoms with van der Waals surface area (Å²) in [4.78, 5) is 23.5. The minimum atomic E-state index is -0.0995. The molecule has 0 saturated carbocycles. The van der Waals surface area contributed by atoms with Crippen molar-refractivity contribution >= 4 is 11.9 Å². The number of carbonyl (C=O) groups is 1. The van der Waals surface area contributed by atoms with E-state index < -0.39 is 0 Å². The normalized spacial score (nSPS) is 16.9. The lowest BCUT2D eigenvalue weighted by atomic mass is 10.0. The maximum Gasteiger partial charge on any atom is 0.273 e. The highest BCUT2D eigenvalue weighted by Gasteiger charge is 2.33. The second-order valence-electron chi connectivity index (χ2n) is 7.10. The van der Waals surface area contributed by atoms with E-state index in [1.165, 1.54) is 0 Å². The number of para-hydroxylation sites is 1. The van der Waals surface area contributed by atoms with E-state index in [0.29, 0.717) is 18.2 Å². The fourth-order valence-electron chi connectivity index (χ4n) is 3.57. The third-order valence-corrected chi connectivity index (χ3v) is 4.64. The van der Waals surface area contributed by atoms with E-state index in [1.54, 1.807) is 13.2 Å². The fourth-order valence-corrected chi connectivity index (χ4v) is 3.57. The first-order valence-electron chi connectivity index (χ1n) is 9.07. The summed E-state index contributed by atoms with van der Waals surface area (Å²) in [6, 6.07) is 9.63. The van der Waals surface area contributed by atoms with Gasteiger partial charge in [0.05, 0.1) is 13.2 Å². The van der Waals surface area contributed by atoms with Gasteiger partial charge in [-0.3, -0.25) is 4.79 Å². The number of nitrogen functional groups attached to an aromatic ring is 1. The summed E-state index contributed by atoms with van der Waals surface area (Å²) in [5.41, 5.74) is 8.06. The molecule has 1 saturated heterocycles. The molecule has 2 heterocycles. The van der Waals surface area contributed by atoms with Gasteiger partial charge >= 0.3 is 0 Å². The van der Waals surface area contributed by atoms with Crippen LogP contribution in [0, 0.1) is 5.92 Å². The largest absolute Gasteiger partial charge is 0.496 e. The number of likely N-dealkylation sites (tertiary alicyclic amines) is 1. The van der Waals surface area contributed by atoms with Gasteiger partial charge in [0.2, 0.25) is 5.95 Å². The monoisotopic (exact) mass is 354 g/mol. The highest BCUT2D eigenvalue weighted by molar-refractivity contribution is 5.93. The molecule has 1 aromatic carbocycles. The van der Waals surface area contributed by atoms with Crippen molar-refractivity contribution in [2.24, 2.45) is 5.92 Å². The predicted molar refractivity (Wildman–Crippen MR) is 101 cm³/mol. The van der Waals surface area contributed by atoms with E-state index in [9.17, 15) is 4.79 Å². The zero-order valence-electron chi connectivity index (χ0n) is 15.6. The number of aromatic nitrogens is 2. The first-order valence-corrected chi connectivity index (χ1v) is 9.07. The van der Waals surface area contributed by atoms with Crippen LogP contribution in [0.2, 0.25) is 0 Å². The number of hydrogen-bond donors (Lipinski definition) is 1. The average molecular weight is 354 g/mol. The molecule has 138 valence electrons. The van der Waals surface area contributed by atoms with Gasteiger partial charge in [0.1, 0.15) is 11.4 Å². The lowest BCUT2D eigenvalue weighted by molar-refractivity contribution is 0.0728. The minimum absolute atomic E-state index is 0.0108. The molecule has 6 nitrogen and oxygen atoms in total. The van der Waals surface area contributed by atoms with Gasteiger partial charge in [-0.25, -0.2) is 9.97 Å². The number of benzene rings is 1. The number of ether oxygens (including phenoxy) is 1. The Hall–Kier alpha value is -2.63. The molecular formula is C20H26N4O2. The lowest BCUT2D eigenvalue weighted by Gasteiger charge is -2.26. The summed E-state index contributed by atoms with van der Waals surface area (Å²) in [6.07, 6.45) is 2.63. The van der Waals surface area contributed by atoms with Gasteiger partial charge in [0.25, 0.3) is 5.91 Å². The van der Waals surface area contributed by atoms with Gasteiger partial charge in [0.15, 0.2) is 0 Å². The van der Waals surface area contributed by atoms with Crippen molar-refractivity contribution in [2.75, 3.05) is 19.4 Å². The molecular weight excluding hydrogens is 328 g/mol. The van der Waals surface area contributed by atoms with Crippen LogP contribution in [0.25, 0.3) is 0 Å². The molecule has 0 spiro atoms. The summed E-state index contributed by atoms with van der Waals surface area (Å²) in [7, 11) is 1.66. The Labute approximate surface area is 154 Å². The van der Waals surface area contributed by atoms with Crippen LogP contribution in [0.3, 0.4) is 0 Å². The zero-order valence-corrected chi connectivity index (χ0v) is 15.6. The number of nitrogens with zero attached hydrogens (tertiary/aromatic N) is 3. The fraction of sp³-hybridized carbons (Fsp3) is 0.450. The van der Waals surface area contributed by atoms with Gasteiger partial charge in [-0.15, -0.1) is 0 Å². The quantitative estimate of drug-likeness (QED) is 0.891. The second kappa shape index (κ2) is 7.72. The van der Waals surface area contributed by atoms with Crippen LogP contribution in [0.1, 0.15) is 54.5 Å². The molecule has 1 fully saturated rings. The standard InChI is InChI=1S/C20H26N4O2/c1-13(2)11-14-12-16(23-20(21)22-14)19(25)24-10-6-8-17(24)15-7-4-5-9-18(15)26-3/h4-5,7,9,12-13,17H,6,8,10-11H2,1-3H3,(H2,21,22,23)/t17-/m0/s1. The predicted octanol–water partition coefficient (Wildman–Crippen LogP) is 3.24. The summed E-state index contributed by atoms with van der Waals surface area (Å²) in [5, 5.41) is 0. The van der Waals surface area contributed by atoms with Gasteiger partial charge in [-0.2, -0.15) is 0 Å². The maximum absolute atomic E-state index is 13.2. The van der Waals surface area contributed by atoms with E-state index in [1.807, 2.05) is 29.2 Å². The Bertz CT molecular complexity index is 791. The molecule has 2 N–H and O–H groups in total. The molecule has 1 aromatic heterocycles. The van der Waals surface area contributed by atoms with Crippen molar-refractivity contribution in [1.82, 2.24) is 14.9 Å². The van der Waals surface area contributed by atoms with Crippen LogP contribution in [0.4, 0.5) is 5.95 Å². The van der Waals surface area contributed by atoms with Gasteiger partial charge in [-0.1, -0.05) is 32.0 Å². The van der Waals surface area contributed by atoms with Crippen LogP contribution in [0.15, 0.2) is 30.3 Å². The molecule has 1 atom stereocenters. The number of hydrogen-bond acceptors (Lipinski definition) is 5. The minimum Gasteiger partial charge on any atom is -0.496 e. The molecule has 26 heavy (non-hydrogen) atoms. The number of amides is 1. The molecule has 0 unspecified atom stereocenters. The van der Waals surface area contributed by atoms with Gasteiger partial charge in [-0.05, 0) is 37.3 Å². The molecule has 0 radical (unpaired) electrons. The van der Waals surface area contributed by atoms with E-state index in [2.05, 4.69) is 23.8 Å². The molecule has 3 rings (SSSR count). The number of methoxy groups -OCH3 is 1. The van der Waals surface area contributed by atoms with E-state index >= 15 is 0 Å². The maximum atomic E-state index is 13.2. The van der Waals surface area contributed by atoms with Gasteiger partial charge < -0.3 is 15.4 Å². The molecule has 0 aliphatic carbocycles. The SMILES string of the molecule is COc1ccccc1[C@@H]1CCCN1C(=O)c1cc(CC(C)C)nc(N)n1. The number of rotatable bonds is 5. The Balaban J connectivity index is 1.90. The highest BCUT2D eigenvalue weighted by atomic mass is 16.5. The Kier molecular flexibility index (Phi) is 5.40. The molecule has 1 amide bonds. The van der Waals surface area contributed by atoms with Crippen molar-refractivity contribution in [3.63, 3.8) is 0 Å². The molecule has 1 aliphatic heterocycles. The van der Waals surface area contributed by atoms with E-state index in [0.717, 1.165) is 36.3 Å². The topological polar surface area (TPSA) is 81.3 Å². The van der Waals surface area contributed by atoms with Crippen LogP contribution in [-0.2, 0) is 6.42 Å². The Morgan fingerprint density at radius 3 is 2.85 bits per heavy atom. The zero-order chi connectivity index (χ0) is 18.7. The third kappa shape index (κ3) is 3.79. The van der Waals surface area contributed by atoms with Crippen molar-refractivity contribution in [3.8, 4) is 5.75 Å². The molecule has 2 aromatic rings. The molecule has 6 heteroatoms. The Morgan fingerprint density at radius 2 is 2.12 bits per heavy atom. The highest BCUT2D eigenvalue weighted by Crippen LogP contribution is 2.37. The van der Waals surface area contributed by atoms with Crippen LogP contribution in [-0.4, -0.2) is 34.4 Å². The van der Waals surface area contributed by atoms with E-state index in [4.69, 9.17) is 10.5 Å². The van der Waals surface area contributed by atoms with Crippen molar-refractivity contribution in [2.45, 2.75) is 39.2 Å². The second-order valence-corrected chi connectivity index (χ2v) is 7.10.